The standard InChI is InChI=1S/C31H42N8O3S/c1-6-12-37(29(41)14-21(3)4)18-26-33-15-24(34-26)22-8-10-23(11-9-22)25-17-39-19-27(36-31(39)43-25)35-28(40)20-38(13-7-2)30(42)16-32-5/h8-11,15,17,19,21,32H,6-7,12-14,16,18,20H2,1-5H3,(H,33,34)(H,35,40). The van der Waals surface area contributed by atoms with Crippen molar-refractivity contribution in [3.63, 3.8) is 0 Å². The molecule has 12 heteroatoms. The number of nitrogens with zero attached hydrogens (tertiary/aromatic N) is 5. The SMILES string of the molecule is CCCN(CC(=O)Nc1cn2cc(-c3ccc(-c4cnc(CN(CCC)C(=O)CC(C)C)[nH]4)cc3)sc2n1)C(=O)CNC. The predicted octanol–water partition coefficient (Wildman–Crippen LogP) is 4.63. The van der Waals surface area contributed by atoms with E-state index in [4.69, 9.17) is 0 Å². The third kappa shape index (κ3) is 8.51. The highest BCUT2D eigenvalue weighted by Gasteiger charge is 2.18. The topological polar surface area (TPSA) is 128 Å². The molecule has 0 saturated heterocycles. The highest BCUT2D eigenvalue weighted by atomic mass is 32.1. The van der Waals surface area contributed by atoms with Crippen LogP contribution >= 0.6 is 11.3 Å². The van der Waals surface area contributed by atoms with Crippen molar-refractivity contribution in [2.24, 2.45) is 5.92 Å². The molecule has 3 heterocycles. The second kappa shape index (κ2) is 14.9. The summed E-state index contributed by atoms with van der Waals surface area (Å²) in [7, 11) is 1.71. The van der Waals surface area contributed by atoms with Gasteiger partial charge in [-0.25, -0.2) is 9.97 Å². The maximum absolute atomic E-state index is 12.7. The molecular weight excluding hydrogens is 564 g/mol. The first-order valence-corrected chi connectivity index (χ1v) is 15.7. The molecule has 3 aromatic heterocycles. The summed E-state index contributed by atoms with van der Waals surface area (Å²) < 4.78 is 1.89. The summed E-state index contributed by atoms with van der Waals surface area (Å²) in [6.07, 6.45) is 7.79. The zero-order chi connectivity index (χ0) is 30.9. The summed E-state index contributed by atoms with van der Waals surface area (Å²) in [5.74, 6) is 1.32. The van der Waals surface area contributed by atoms with Gasteiger partial charge in [0.25, 0.3) is 0 Å². The Morgan fingerprint density at radius 3 is 2.35 bits per heavy atom. The number of aromatic amines is 1. The van der Waals surface area contributed by atoms with E-state index < -0.39 is 0 Å². The van der Waals surface area contributed by atoms with Gasteiger partial charge in [0.15, 0.2) is 10.8 Å². The van der Waals surface area contributed by atoms with E-state index in [1.807, 2.05) is 40.8 Å². The predicted molar refractivity (Wildman–Crippen MR) is 171 cm³/mol. The molecule has 0 aliphatic heterocycles. The molecule has 3 N–H and O–H groups in total. The number of amides is 3. The van der Waals surface area contributed by atoms with Gasteiger partial charge in [0.2, 0.25) is 17.7 Å². The van der Waals surface area contributed by atoms with Gasteiger partial charge in [-0.1, -0.05) is 63.3 Å². The lowest BCUT2D eigenvalue weighted by Crippen LogP contribution is -2.42. The largest absolute Gasteiger partial charge is 0.341 e. The van der Waals surface area contributed by atoms with Crippen LogP contribution in [-0.2, 0) is 20.9 Å². The Morgan fingerprint density at radius 2 is 1.70 bits per heavy atom. The summed E-state index contributed by atoms with van der Waals surface area (Å²) in [6, 6.07) is 8.21. The highest BCUT2D eigenvalue weighted by Crippen LogP contribution is 2.31. The third-order valence-electron chi connectivity index (χ3n) is 6.81. The average molecular weight is 607 g/mol. The summed E-state index contributed by atoms with van der Waals surface area (Å²) in [5.41, 5.74) is 2.96. The van der Waals surface area contributed by atoms with Gasteiger partial charge in [-0.3, -0.25) is 18.8 Å². The quantitative estimate of drug-likeness (QED) is 0.181. The Balaban J connectivity index is 1.38. The van der Waals surface area contributed by atoms with Crippen molar-refractivity contribution in [3.8, 4) is 21.7 Å². The molecule has 0 aliphatic carbocycles. The van der Waals surface area contributed by atoms with E-state index in [-0.39, 0.29) is 30.8 Å². The van der Waals surface area contributed by atoms with E-state index in [2.05, 4.69) is 58.5 Å². The normalized spacial score (nSPS) is 11.3. The molecule has 3 amide bonds. The maximum atomic E-state index is 12.7. The number of carbonyl (C=O) groups is 3. The molecule has 0 unspecified atom stereocenters. The molecule has 0 atom stereocenters. The van der Waals surface area contributed by atoms with E-state index >= 15 is 0 Å². The molecule has 0 saturated carbocycles. The smallest absolute Gasteiger partial charge is 0.245 e. The molecule has 0 bridgehead atoms. The van der Waals surface area contributed by atoms with Crippen LogP contribution in [-0.4, -0.2) is 80.1 Å². The number of likely N-dealkylation sites (N-methyl/N-ethyl adjacent to an activating group) is 1. The minimum Gasteiger partial charge on any atom is -0.341 e. The van der Waals surface area contributed by atoms with Crippen molar-refractivity contribution in [3.05, 3.63) is 48.7 Å². The number of aromatic nitrogens is 4. The second-order valence-electron chi connectivity index (χ2n) is 11.0. The Hall–Kier alpha value is -4.03. The number of carbonyl (C=O) groups excluding carboxylic acids is 3. The lowest BCUT2D eigenvalue weighted by atomic mass is 10.1. The molecule has 4 rings (SSSR count). The van der Waals surface area contributed by atoms with Crippen molar-refractivity contribution in [2.75, 3.05) is 38.5 Å². The van der Waals surface area contributed by atoms with Gasteiger partial charge in [-0.2, -0.15) is 0 Å². The zero-order valence-corrected chi connectivity index (χ0v) is 26.5. The van der Waals surface area contributed by atoms with Crippen molar-refractivity contribution in [1.29, 1.82) is 0 Å². The average Bonchev–Trinajstić information content (AvgIpc) is 3.68. The lowest BCUT2D eigenvalue weighted by molar-refractivity contribution is -0.133. The van der Waals surface area contributed by atoms with Crippen LogP contribution in [0.5, 0.6) is 0 Å². The molecule has 0 radical (unpaired) electrons. The zero-order valence-electron chi connectivity index (χ0n) is 25.6. The van der Waals surface area contributed by atoms with Gasteiger partial charge in [-0.05, 0) is 36.9 Å². The summed E-state index contributed by atoms with van der Waals surface area (Å²) in [6.45, 7) is 10.1. The first-order valence-electron chi connectivity index (χ1n) is 14.8. The van der Waals surface area contributed by atoms with Crippen LogP contribution in [0.25, 0.3) is 26.7 Å². The fourth-order valence-electron chi connectivity index (χ4n) is 4.79. The third-order valence-corrected chi connectivity index (χ3v) is 7.86. The minimum absolute atomic E-state index is 0.0117. The first kappa shape index (κ1) is 31.9. The summed E-state index contributed by atoms with van der Waals surface area (Å²) in [5, 5.41) is 5.65. The van der Waals surface area contributed by atoms with Crippen molar-refractivity contribution >= 4 is 39.8 Å². The van der Waals surface area contributed by atoms with Gasteiger partial charge >= 0.3 is 0 Å². The number of fused-ring (bicyclic) bond motifs is 1. The van der Waals surface area contributed by atoms with E-state index in [0.29, 0.717) is 37.8 Å². The molecule has 0 spiro atoms. The number of hydrogen-bond donors (Lipinski definition) is 3. The van der Waals surface area contributed by atoms with Gasteiger partial charge in [0.05, 0.1) is 42.6 Å². The number of nitrogens with one attached hydrogen (secondary N) is 3. The van der Waals surface area contributed by atoms with Crippen molar-refractivity contribution in [1.82, 2.24) is 34.5 Å². The monoisotopic (exact) mass is 606 g/mol. The minimum atomic E-state index is -0.276. The number of rotatable bonds is 15. The number of thiazole rings is 1. The molecule has 11 nitrogen and oxygen atoms in total. The Bertz CT molecular complexity index is 1490. The van der Waals surface area contributed by atoms with Crippen molar-refractivity contribution in [2.45, 2.75) is 53.5 Å². The van der Waals surface area contributed by atoms with E-state index in [1.165, 1.54) is 11.3 Å². The van der Waals surface area contributed by atoms with Gasteiger partial charge in [0.1, 0.15) is 5.82 Å². The molecule has 230 valence electrons. The maximum Gasteiger partial charge on any atom is 0.245 e. The number of hydrogen-bond acceptors (Lipinski definition) is 7. The van der Waals surface area contributed by atoms with Crippen LogP contribution in [0, 0.1) is 5.92 Å². The van der Waals surface area contributed by atoms with E-state index in [1.54, 1.807) is 18.1 Å². The highest BCUT2D eigenvalue weighted by molar-refractivity contribution is 7.20. The van der Waals surface area contributed by atoms with Gasteiger partial charge < -0.3 is 25.4 Å². The number of benzene rings is 1. The Labute approximate surface area is 256 Å². The fraction of sp³-hybridized carbons (Fsp3) is 0.452. The Kier molecular flexibility index (Phi) is 11.1. The summed E-state index contributed by atoms with van der Waals surface area (Å²) >= 11 is 1.53. The van der Waals surface area contributed by atoms with Crippen LogP contribution in [0.3, 0.4) is 0 Å². The van der Waals surface area contributed by atoms with Crippen LogP contribution < -0.4 is 10.6 Å². The number of anilines is 1. The fourth-order valence-corrected chi connectivity index (χ4v) is 5.77. The van der Waals surface area contributed by atoms with Crippen molar-refractivity contribution < 1.29 is 14.4 Å². The molecule has 1 aromatic carbocycles. The molecular formula is C31H42N8O3S. The molecule has 4 aromatic rings. The number of imidazole rings is 2. The van der Waals surface area contributed by atoms with Crippen LogP contribution in [0.4, 0.5) is 5.82 Å². The van der Waals surface area contributed by atoms with E-state index in [9.17, 15) is 14.4 Å². The van der Waals surface area contributed by atoms with Gasteiger partial charge in [-0.15, -0.1) is 0 Å². The first-order chi connectivity index (χ1) is 20.7. The van der Waals surface area contributed by atoms with Crippen LogP contribution in [0.2, 0.25) is 0 Å². The Morgan fingerprint density at radius 1 is 1.00 bits per heavy atom. The molecule has 0 aliphatic rings. The van der Waals surface area contributed by atoms with Crippen LogP contribution in [0.15, 0.2) is 42.9 Å². The lowest BCUT2D eigenvalue weighted by Gasteiger charge is -2.22. The molecule has 0 fully saturated rings. The molecule has 43 heavy (non-hydrogen) atoms. The second-order valence-corrected chi connectivity index (χ2v) is 12.0. The number of H-pyrrole nitrogens is 1. The van der Waals surface area contributed by atoms with E-state index in [0.717, 1.165) is 45.3 Å². The van der Waals surface area contributed by atoms with Gasteiger partial charge in [0, 0.05) is 25.7 Å². The van der Waals surface area contributed by atoms with Crippen LogP contribution in [0.1, 0.15) is 52.8 Å². The summed E-state index contributed by atoms with van der Waals surface area (Å²) in [4.78, 5) is 55.2.